The summed E-state index contributed by atoms with van der Waals surface area (Å²) >= 11 is 4.08. The van der Waals surface area contributed by atoms with E-state index in [2.05, 4.69) is 12.6 Å². The van der Waals surface area contributed by atoms with Crippen LogP contribution in [0, 0.1) is 0 Å². The fraction of sp³-hybridized carbons (Fsp3) is 1.00. The number of hydrogen-bond donors (Lipinski definition) is 1. The van der Waals surface area contributed by atoms with Crippen molar-refractivity contribution < 1.29 is 13.3 Å². The van der Waals surface area contributed by atoms with E-state index in [-0.39, 0.29) is 0 Å². The van der Waals surface area contributed by atoms with Crippen molar-refractivity contribution >= 4 is 22.2 Å². The number of thiol groups is 1. The lowest BCUT2D eigenvalue weighted by atomic mass is 10.4. The van der Waals surface area contributed by atoms with E-state index in [1.54, 1.807) is 14.2 Å². The van der Waals surface area contributed by atoms with Gasteiger partial charge in [0.15, 0.2) is 0 Å². The van der Waals surface area contributed by atoms with Gasteiger partial charge in [-0.2, -0.15) is 12.6 Å². The van der Waals surface area contributed by atoms with Crippen LogP contribution in [0.4, 0.5) is 0 Å². The molecule has 0 fully saturated rings. The lowest BCUT2D eigenvalue weighted by molar-refractivity contribution is 0.134. The Morgan fingerprint density at radius 3 is 2.27 bits per heavy atom. The minimum absolute atomic E-state index is 0.705. The Balaban J connectivity index is 3.07. The third kappa shape index (κ3) is 6.83. The molecule has 67 valence electrons. The average molecular weight is 195 g/mol. The van der Waals surface area contributed by atoms with E-state index in [9.17, 15) is 0 Å². The zero-order valence-corrected chi connectivity index (χ0v) is 8.89. The van der Waals surface area contributed by atoms with Crippen LogP contribution < -0.4 is 0 Å². The molecule has 0 saturated carbocycles. The highest BCUT2D eigenvalue weighted by Gasteiger charge is 2.13. The molecule has 0 aliphatic rings. The van der Waals surface area contributed by atoms with Crippen molar-refractivity contribution in [2.75, 3.05) is 26.6 Å². The molecule has 0 unspecified atom stereocenters. The Morgan fingerprint density at radius 2 is 1.82 bits per heavy atom. The molecule has 0 spiro atoms. The average Bonchev–Trinajstić information content (AvgIpc) is 2.05. The minimum atomic E-state index is -1.43. The van der Waals surface area contributed by atoms with Gasteiger partial charge in [-0.3, -0.25) is 0 Å². The third-order valence-corrected chi connectivity index (χ3v) is 2.53. The Morgan fingerprint density at radius 1 is 1.18 bits per heavy atom. The molecule has 0 aliphatic carbocycles. The second kappa shape index (κ2) is 8.54. The zero-order chi connectivity index (χ0) is 8.53. The molecule has 0 saturated heterocycles. The van der Waals surface area contributed by atoms with E-state index in [1.165, 1.54) is 0 Å². The minimum Gasteiger partial charge on any atom is -0.375 e. The van der Waals surface area contributed by atoms with Gasteiger partial charge < -0.3 is 13.3 Å². The van der Waals surface area contributed by atoms with Crippen molar-refractivity contribution in [2.24, 2.45) is 0 Å². The van der Waals surface area contributed by atoms with Crippen LogP contribution in [0.1, 0.15) is 12.8 Å². The maximum atomic E-state index is 5.27. The van der Waals surface area contributed by atoms with Crippen molar-refractivity contribution in [3.05, 3.63) is 0 Å². The van der Waals surface area contributed by atoms with Gasteiger partial charge in [-0.1, -0.05) is 0 Å². The Kier molecular flexibility index (Phi) is 8.89. The molecule has 0 N–H and O–H groups in total. The molecule has 0 heterocycles. The summed E-state index contributed by atoms with van der Waals surface area (Å²) in [6.07, 6.45) is 2.09. The van der Waals surface area contributed by atoms with Crippen molar-refractivity contribution in [3.63, 3.8) is 0 Å². The zero-order valence-electron chi connectivity index (χ0n) is 7.00. The summed E-state index contributed by atoms with van der Waals surface area (Å²) in [6, 6.07) is 0. The molecule has 3 nitrogen and oxygen atoms in total. The largest absolute Gasteiger partial charge is 0.577 e. The standard InChI is InChI=1S/C6H15O3SSi/c1-7-11(8-2)9-5-3-4-6-10/h10H,3-6H2,1-2H3. The monoisotopic (exact) mass is 195 g/mol. The molecule has 0 bridgehead atoms. The van der Waals surface area contributed by atoms with Gasteiger partial charge in [0.2, 0.25) is 0 Å². The van der Waals surface area contributed by atoms with Crippen LogP contribution in [0.2, 0.25) is 0 Å². The van der Waals surface area contributed by atoms with E-state index < -0.39 is 9.53 Å². The first-order valence-corrected chi connectivity index (χ1v) is 5.39. The second-order valence-electron chi connectivity index (χ2n) is 1.94. The van der Waals surface area contributed by atoms with Crippen LogP contribution in [0.25, 0.3) is 0 Å². The summed E-state index contributed by atoms with van der Waals surface area (Å²) in [5, 5.41) is 0. The first-order chi connectivity index (χ1) is 5.35. The molecular weight excluding hydrogens is 180 g/mol. The molecule has 0 rings (SSSR count). The Hall–Kier alpha value is 0.447. The van der Waals surface area contributed by atoms with Gasteiger partial charge in [0.25, 0.3) is 0 Å². The van der Waals surface area contributed by atoms with E-state index in [0.29, 0.717) is 6.61 Å². The van der Waals surface area contributed by atoms with Crippen molar-refractivity contribution in [2.45, 2.75) is 12.8 Å². The Bertz CT molecular complexity index is 80.2. The quantitative estimate of drug-likeness (QED) is 0.373. The van der Waals surface area contributed by atoms with E-state index >= 15 is 0 Å². The normalized spacial score (nSPS) is 10.9. The van der Waals surface area contributed by atoms with E-state index in [0.717, 1.165) is 18.6 Å². The summed E-state index contributed by atoms with van der Waals surface area (Å²) < 4.78 is 15.1. The van der Waals surface area contributed by atoms with Crippen molar-refractivity contribution in [3.8, 4) is 0 Å². The maximum Gasteiger partial charge on any atom is 0.577 e. The van der Waals surface area contributed by atoms with Crippen LogP contribution in [0.3, 0.4) is 0 Å². The van der Waals surface area contributed by atoms with E-state index in [4.69, 9.17) is 13.3 Å². The van der Waals surface area contributed by atoms with Gasteiger partial charge in [0, 0.05) is 20.8 Å². The van der Waals surface area contributed by atoms with Gasteiger partial charge in [-0.25, -0.2) is 0 Å². The molecular formula is C6H15O3SSi. The summed E-state index contributed by atoms with van der Waals surface area (Å²) in [7, 11) is 1.76. The predicted molar refractivity (Wildman–Crippen MR) is 48.8 cm³/mol. The Labute approximate surface area is 75.4 Å². The first-order valence-electron chi connectivity index (χ1n) is 3.53. The summed E-state index contributed by atoms with van der Waals surface area (Å²) in [4.78, 5) is 0. The smallest absolute Gasteiger partial charge is 0.375 e. The van der Waals surface area contributed by atoms with Crippen LogP contribution in [-0.4, -0.2) is 36.1 Å². The molecule has 0 atom stereocenters. The lowest BCUT2D eigenvalue weighted by Gasteiger charge is -2.08. The molecule has 1 radical (unpaired) electrons. The van der Waals surface area contributed by atoms with Gasteiger partial charge >= 0.3 is 9.53 Å². The number of rotatable bonds is 7. The number of hydrogen-bond acceptors (Lipinski definition) is 4. The molecule has 0 aliphatic heterocycles. The summed E-state index contributed by atoms with van der Waals surface area (Å²) in [5.41, 5.74) is 0. The maximum absolute atomic E-state index is 5.27. The fourth-order valence-corrected chi connectivity index (χ4v) is 1.51. The molecule has 0 amide bonds. The topological polar surface area (TPSA) is 27.7 Å². The molecule has 11 heavy (non-hydrogen) atoms. The highest BCUT2D eigenvalue weighted by molar-refractivity contribution is 7.80. The first kappa shape index (κ1) is 11.4. The van der Waals surface area contributed by atoms with Crippen LogP contribution in [-0.2, 0) is 13.3 Å². The SMILES string of the molecule is CO[Si](OC)OCCCCS. The lowest BCUT2D eigenvalue weighted by Crippen LogP contribution is -2.24. The van der Waals surface area contributed by atoms with Gasteiger partial charge in [0.05, 0.1) is 0 Å². The van der Waals surface area contributed by atoms with Crippen LogP contribution in [0.5, 0.6) is 0 Å². The van der Waals surface area contributed by atoms with Gasteiger partial charge in [0.1, 0.15) is 0 Å². The fourth-order valence-electron chi connectivity index (χ4n) is 0.571. The summed E-state index contributed by atoms with van der Waals surface area (Å²) in [5.74, 6) is 0.908. The van der Waals surface area contributed by atoms with E-state index in [1.807, 2.05) is 0 Å². The molecule has 0 aromatic carbocycles. The highest BCUT2D eigenvalue weighted by atomic mass is 32.1. The van der Waals surface area contributed by atoms with Crippen LogP contribution in [0.15, 0.2) is 0 Å². The van der Waals surface area contributed by atoms with Gasteiger partial charge in [-0.05, 0) is 18.6 Å². The van der Waals surface area contributed by atoms with Crippen LogP contribution >= 0.6 is 12.6 Å². The highest BCUT2D eigenvalue weighted by Crippen LogP contribution is 1.95. The second-order valence-corrected chi connectivity index (χ2v) is 3.99. The number of unbranched alkanes of at least 4 members (excludes halogenated alkanes) is 1. The van der Waals surface area contributed by atoms with Crippen molar-refractivity contribution in [1.82, 2.24) is 0 Å². The predicted octanol–water partition coefficient (Wildman–Crippen LogP) is 0.991. The third-order valence-electron chi connectivity index (χ3n) is 1.11. The van der Waals surface area contributed by atoms with Gasteiger partial charge in [-0.15, -0.1) is 0 Å². The molecule has 0 aromatic rings. The molecule has 5 heteroatoms. The summed E-state index contributed by atoms with van der Waals surface area (Å²) in [6.45, 7) is 0.705. The molecule has 0 aromatic heterocycles. The van der Waals surface area contributed by atoms with Crippen molar-refractivity contribution in [1.29, 1.82) is 0 Å².